The fourth-order valence-electron chi connectivity index (χ4n) is 1.70. The van der Waals surface area contributed by atoms with Gasteiger partial charge in [-0.2, -0.15) is 0 Å². The predicted molar refractivity (Wildman–Crippen MR) is 72.6 cm³/mol. The molecule has 0 aromatic carbocycles. The van der Waals surface area contributed by atoms with Crippen LogP contribution in [0.4, 0.5) is 0 Å². The Kier molecular flexibility index (Phi) is 5.10. The summed E-state index contributed by atoms with van der Waals surface area (Å²) < 4.78 is 11.6. The number of hydrogen-bond acceptors (Lipinski definition) is 2. The molecular formula is C14H25BO2. The van der Waals surface area contributed by atoms with Crippen LogP contribution in [0.5, 0.6) is 0 Å². The standard InChI is InChI=1S/C14H25BO2/c1-6-7-8-9-10-11-12-15-16-13(2,3)14(4,5)17-15/h6-10H2,1-5H3. The molecule has 0 aromatic heterocycles. The minimum absolute atomic E-state index is 0.269. The van der Waals surface area contributed by atoms with Crippen LogP contribution in [0.15, 0.2) is 0 Å². The molecule has 0 saturated carbocycles. The Morgan fingerprint density at radius 3 is 2.06 bits per heavy atom. The van der Waals surface area contributed by atoms with E-state index >= 15 is 0 Å². The highest BCUT2D eigenvalue weighted by molar-refractivity contribution is 6.55. The minimum atomic E-state index is -0.355. The maximum Gasteiger partial charge on any atom is 0.551 e. The van der Waals surface area contributed by atoms with E-state index in [1.807, 2.05) is 0 Å². The largest absolute Gasteiger partial charge is 0.551 e. The van der Waals surface area contributed by atoms with Gasteiger partial charge in [-0.25, -0.2) is 0 Å². The Bertz CT molecular complexity index is 283. The Balaban J connectivity index is 2.33. The monoisotopic (exact) mass is 236 g/mol. The van der Waals surface area contributed by atoms with E-state index in [0.717, 1.165) is 6.42 Å². The zero-order valence-corrected chi connectivity index (χ0v) is 11.9. The van der Waals surface area contributed by atoms with Gasteiger partial charge in [0, 0.05) is 6.42 Å². The van der Waals surface area contributed by atoms with Crippen molar-refractivity contribution in [3.8, 4) is 11.7 Å². The van der Waals surface area contributed by atoms with Gasteiger partial charge in [-0.05, 0) is 34.1 Å². The Labute approximate surface area is 107 Å². The van der Waals surface area contributed by atoms with Crippen molar-refractivity contribution < 1.29 is 9.31 Å². The third kappa shape index (κ3) is 4.05. The quantitative estimate of drug-likeness (QED) is 0.422. The van der Waals surface area contributed by atoms with Crippen molar-refractivity contribution >= 4 is 7.12 Å². The van der Waals surface area contributed by atoms with Crippen LogP contribution in [0.2, 0.25) is 0 Å². The molecule has 0 spiro atoms. The van der Waals surface area contributed by atoms with Crippen molar-refractivity contribution in [2.75, 3.05) is 0 Å². The van der Waals surface area contributed by atoms with Gasteiger partial charge in [0.1, 0.15) is 0 Å². The zero-order valence-electron chi connectivity index (χ0n) is 11.9. The highest BCUT2D eigenvalue weighted by atomic mass is 16.7. The molecule has 96 valence electrons. The molecule has 0 aromatic rings. The molecule has 0 aliphatic carbocycles. The summed E-state index contributed by atoms with van der Waals surface area (Å²) in [6.45, 7) is 10.4. The summed E-state index contributed by atoms with van der Waals surface area (Å²) in [5, 5.41) is 0. The Morgan fingerprint density at radius 2 is 1.53 bits per heavy atom. The first-order valence-electron chi connectivity index (χ1n) is 6.73. The lowest BCUT2D eigenvalue weighted by Gasteiger charge is -2.32. The molecule has 1 fully saturated rings. The van der Waals surface area contributed by atoms with E-state index in [2.05, 4.69) is 46.4 Å². The maximum absolute atomic E-state index is 5.80. The van der Waals surface area contributed by atoms with Crippen LogP contribution in [0.3, 0.4) is 0 Å². The summed E-state index contributed by atoms with van der Waals surface area (Å²) in [4.78, 5) is 0. The summed E-state index contributed by atoms with van der Waals surface area (Å²) >= 11 is 0. The third-order valence-electron chi connectivity index (χ3n) is 3.63. The lowest BCUT2D eigenvalue weighted by atomic mass is 9.90. The SMILES string of the molecule is CCCCCCC#CB1OC(C)(C)C(C)(C)O1. The topological polar surface area (TPSA) is 18.5 Å². The van der Waals surface area contributed by atoms with Gasteiger partial charge in [-0.1, -0.05) is 32.0 Å². The van der Waals surface area contributed by atoms with Crippen LogP contribution in [0.25, 0.3) is 0 Å². The van der Waals surface area contributed by atoms with Gasteiger partial charge in [0.05, 0.1) is 11.2 Å². The van der Waals surface area contributed by atoms with Gasteiger partial charge in [0.25, 0.3) is 0 Å². The van der Waals surface area contributed by atoms with E-state index in [4.69, 9.17) is 9.31 Å². The van der Waals surface area contributed by atoms with Crippen molar-refractivity contribution in [2.24, 2.45) is 0 Å². The molecule has 3 heteroatoms. The Morgan fingerprint density at radius 1 is 0.941 bits per heavy atom. The summed E-state index contributed by atoms with van der Waals surface area (Å²) in [7, 11) is -0.355. The van der Waals surface area contributed by atoms with Gasteiger partial charge in [-0.15, -0.1) is 5.92 Å². The summed E-state index contributed by atoms with van der Waals surface area (Å²) in [6, 6.07) is 0. The maximum atomic E-state index is 5.80. The second-order valence-corrected chi connectivity index (χ2v) is 5.72. The van der Waals surface area contributed by atoms with E-state index in [1.165, 1.54) is 25.7 Å². The fourth-order valence-corrected chi connectivity index (χ4v) is 1.70. The smallest absolute Gasteiger partial charge is 0.392 e. The molecule has 2 nitrogen and oxygen atoms in total. The predicted octanol–water partition coefficient (Wildman–Crippen LogP) is 3.59. The first-order valence-corrected chi connectivity index (χ1v) is 6.73. The van der Waals surface area contributed by atoms with Crippen molar-refractivity contribution in [2.45, 2.75) is 77.9 Å². The molecule has 0 atom stereocenters. The molecule has 1 heterocycles. The van der Waals surface area contributed by atoms with E-state index in [9.17, 15) is 0 Å². The molecule has 0 bridgehead atoms. The first-order chi connectivity index (χ1) is 7.89. The van der Waals surface area contributed by atoms with Crippen molar-refractivity contribution in [1.29, 1.82) is 0 Å². The van der Waals surface area contributed by atoms with E-state index in [0.29, 0.717) is 0 Å². The van der Waals surface area contributed by atoms with Crippen LogP contribution in [0, 0.1) is 11.7 Å². The van der Waals surface area contributed by atoms with Crippen LogP contribution in [-0.4, -0.2) is 18.3 Å². The summed E-state index contributed by atoms with van der Waals surface area (Å²) in [5.74, 6) is 6.24. The van der Waals surface area contributed by atoms with E-state index < -0.39 is 0 Å². The molecule has 0 unspecified atom stereocenters. The second kappa shape index (κ2) is 5.93. The van der Waals surface area contributed by atoms with E-state index in [1.54, 1.807) is 0 Å². The molecule has 0 N–H and O–H groups in total. The fraction of sp³-hybridized carbons (Fsp3) is 0.857. The molecular weight excluding hydrogens is 211 g/mol. The summed E-state index contributed by atoms with van der Waals surface area (Å²) in [6.07, 6.45) is 5.97. The second-order valence-electron chi connectivity index (χ2n) is 5.72. The van der Waals surface area contributed by atoms with Crippen molar-refractivity contribution in [3.05, 3.63) is 0 Å². The molecule has 1 aliphatic heterocycles. The van der Waals surface area contributed by atoms with Gasteiger partial charge < -0.3 is 9.31 Å². The van der Waals surface area contributed by atoms with Gasteiger partial charge >= 0.3 is 7.12 Å². The highest BCUT2D eigenvalue weighted by Gasteiger charge is 2.50. The molecule has 0 radical (unpaired) electrons. The average Bonchev–Trinajstić information content (AvgIpc) is 2.41. The van der Waals surface area contributed by atoms with Crippen LogP contribution < -0.4 is 0 Å². The van der Waals surface area contributed by atoms with E-state index in [-0.39, 0.29) is 18.3 Å². The lowest BCUT2D eigenvalue weighted by molar-refractivity contribution is 0.00578. The number of rotatable bonds is 4. The molecule has 1 saturated heterocycles. The van der Waals surface area contributed by atoms with Crippen LogP contribution in [-0.2, 0) is 9.31 Å². The van der Waals surface area contributed by atoms with Crippen LogP contribution in [0.1, 0.15) is 66.7 Å². The van der Waals surface area contributed by atoms with Gasteiger partial charge in [0.2, 0.25) is 0 Å². The van der Waals surface area contributed by atoms with Gasteiger partial charge in [-0.3, -0.25) is 0 Å². The van der Waals surface area contributed by atoms with Crippen molar-refractivity contribution in [3.63, 3.8) is 0 Å². The third-order valence-corrected chi connectivity index (χ3v) is 3.63. The van der Waals surface area contributed by atoms with Crippen molar-refractivity contribution in [1.82, 2.24) is 0 Å². The molecule has 1 rings (SSSR count). The first kappa shape index (κ1) is 14.6. The van der Waals surface area contributed by atoms with Gasteiger partial charge in [0.15, 0.2) is 0 Å². The number of unbranched alkanes of at least 4 members (excludes halogenated alkanes) is 4. The highest BCUT2D eigenvalue weighted by Crippen LogP contribution is 2.36. The molecule has 17 heavy (non-hydrogen) atoms. The number of hydrogen-bond donors (Lipinski definition) is 0. The average molecular weight is 236 g/mol. The lowest BCUT2D eigenvalue weighted by Crippen LogP contribution is -2.41. The van der Waals surface area contributed by atoms with Crippen LogP contribution >= 0.6 is 0 Å². The molecule has 0 amide bonds. The molecule has 1 aliphatic rings. The minimum Gasteiger partial charge on any atom is -0.392 e. The zero-order chi connectivity index (χ0) is 12.9. The summed E-state index contributed by atoms with van der Waals surface area (Å²) in [5.41, 5.74) is -0.539. The Hall–Kier alpha value is -0.455. The normalized spacial score (nSPS) is 21.1.